The van der Waals surface area contributed by atoms with Gasteiger partial charge in [-0.05, 0) is 25.5 Å². The third kappa shape index (κ3) is 7.81. The Bertz CT molecular complexity index is 445. The first-order valence-electron chi connectivity index (χ1n) is 8.15. The number of carbonyl (C=O) groups excluding carboxylic acids is 2. The molecule has 0 aliphatic carbocycles. The minimum absolute atomic E-state index is 0.166. The van der Waals surface area contributed by atoms with Crippen molar-refractivity contribution >= 4 is 11.9 Å². The molecule has 0 aliphatic heterocycles. The zero-order valence-electron chi connectivity index (χ0n) is 13.6. The summed E-state index contributed by atoms with van der Waals surface area (Å²) in [5.74, 6) is -0.420. The first-order chi connectivity index (χ1) is 10.6. The van der Waals surface area contributed by atoms with Crippen molar-refractivity contribution < 1.29 is 14.3 Å². The minimum atomic E-state index is -0.253. The van der Waals surface area contributed by atoms with E-state index in [9.17, 15) is 9.59 Å². The molecule has 4 nitrogen and oxygen atoms in total. The first kappa shape index (κ1) is 18.2. The largest absolute Gasteiger partial charge is 0.466 e. The van der Waals surface area contributed by atoms with E-state index in [0.717, 1.165) is 12.8 Å². The number of ether oxygens (including phenoxy) is 1. The SMILES string of the molecule is CCCCCCCOC(=O)CC(C)NC(=O)c1ccccc1. The number of benzene rings is 1. The summed E-state index contributed by atoms with van der Waals surface area (Å²) in [7, 11) is 0. The van der Waals surface area contributed by atoms with Crippen LogP contribution < -0.4 is 5.32 Å². The monoisotopic (exact) mass is 305 g/mol. The third-order valence-corrected chi connectivity index (χ3v) is 3.40. The van der Waals surface area contributed by atoms with Crippen LogP contribution in [0.3, 0.4) is 0 Å². The van der Waals surface area contributed by atoms with Crippen LogP contribution in [-0.2, 0) is 9.53 Å². The molecule has 122 valence electrons. The lowest BCUT2D eigenvalue weighted by Crippen LogP contribution is -2.34. The fourth-order valence-corrected chi connectivity index (χ4v) is 2.15. The summed E-state index contributed by atoms with van der Waals surface area (Å²) in [6.45, 7) is 4.45. The van der Waals surface area contributed by atoms with Crippen LogP contribution in [0, 0.1) is 0 Å². The number of esters is 1. The molecule has 1 N–H and O–H groups in total. The van der Waals surface area contributed by atoms with Crippen molar-refractivity contribution in [2.75, 3.05) is 6.61 Å². The normalized spacial score (nSPS) is 11.7. The van der Waals surface area contributed by atoms with Crippen molar-refractivity contribution in [1.29, 1.82) is 0 Å². The summed E-state index contributed by atoms with van der Waals surface area (Å²) in [4.78, 5) is 23.6. The maximum Gasteiger partial charge on any atom is 0.307 e. The fourth-order valence-electron chi connectivity index (χ4n) is 2.15. The highest BCUT2D eigenvalue weighted by molar-refractivity contribution is 5.94. The van der Waals surface area contributed by atoms with Gasteiger partial charge >= 0.3 is 5.97 Å². The van der Waals surface area contributed by atoms with Crippen LogP contribution in [0.15, 0.2) is 30.3 Å². The molecule has 0 heterocycles. The highest BCUT2D eigenvalue weighted by Crippen LogP contribution is 2.04. The summed E-state index contributed by atoms with van der Waals surface area (Å²) in [5.41, 5.74) is 0.596. The lowest BCUT2D eigenvalue weighted by Gasteiger charge is -2.13. The molecule has 0 radical (unpaired) electrons. The molecular weight excluding hydrogens is 278 g/mol. The molecule has 0 saturated carbocycles. The number of nitrogens with one attached hydrogen (secondary N) is 1. The first-order valence-corrected chi connectivity index (χ1v) is 8.15. The quantitative estimate of drug-likeness (QED) is 0.529. The minimum Gasteiger partial charge on any atom is -0.466 e. The molecule has 0 aromatic heterocycles. The molecular formula is C18H27NO3. The van der Waals surface area contributed by atoms with Gasteiger partial charge in [-0.15, -0.1) is 0 Å². The summed E-state index contributed by atoms with van der Waals surface area (Å²) >= 11 is 0. The van der Waals surface area contributed by atoms with Gasteiger partial charge in [0.2, 0.25) is 0 Å². The predicted octanol–water partition coefficient (Wildman–Crippen LogP) is 3.71. The second-order valence-corrected chi connectivity index (χ2v) is 5.58. The van der Waals surface area contributed by atoms with E-state index in [2.05, 4.69) is 12.2 Å². The van der Waals surface area contributed by atoms with E-state index in [0.29, 0.717) is 12.2 Å². The average molecular weight is 305 g/mol. The van der Waals surface area contributed by atoms with Crippen LogP contribution in [-0.4, -0.2) is 24.5 Å². The summed E-state index contributed by atoms with van der Waals surface area (Å²) in [5, 5.41) is 2.81. The van der Waals surface area contributed by atoms with Gasteiger partial charge in [0.25, 0.3) is 5.91 Å². The number of unbranched alkanes of at least 4 members (excludes halogenated alkanes) is 4. The predicted molar refractivity (Wildman–Crippen MR) is 87.7 cm³/mol. The summed E-state index contributed by atoms with van der Waals surface area (Å²) in [6, 6.07) is 8.74. The Morgan fingerprint density at radius 2 is 1.77 bits per heavy atom. The molecule has 0 fully saturated rings. The molecule has 4 heteroatoms. The zero-order chi connectivity index (χ0) is 16.2. The van der Waals surface area contributed by atoms with Crippen molar-refractivity contribution in [3.05, 3.63) is 35.9 Å². The zero-order valence-corrected chi connectivity index (χ0v) is 13.6. The Labute approximate surface area is 133 Å². The van der Waals surface area contributed by atoms with E-state index in [4.69, 9.17) is 4.74 Å². The van der Waals surface area contributed by atoms with Crippen molar-refractivity contribution in [3.63, 3.8) is 0 Å². The maximum absolute atomic E-state index is 11.9. The van der Waals surface area contributed by atoms with Gasteiger partial charge < -0.3 is 10.1 Å². The molecule has 1 atom stereocenters. The van der Waals surface area contributed by atoms with Gasteiger partial charge in [-0.25, -0.2) is 0 Å². The molecule has 1 aromatic rings. The number of hydrogen-bond acceptors (Lipinski definition) is 3. The highest BCUT2D eigenvalue weighted by atomic mass is 16.5. The van der Waals surface area contributed by atoms with Crippen LogP contribution >= 0.6 is 0 Å². The molecule has 1 rings (SSSR count). The number of rotatable bonds is 10. The summed E-state index contributed by atoms with van der Waals surface area (Å²) in [6.07, 6.45) is 5.85. The van der Waals surface area contributed by atoms with Gasteiger partial charge in [-0.1, -0.05) is 50.8 Å². The van der Waals surface area contributed by atoms with E-state index in [-0.39, 0.29) is 24.3 Å². The standard InChI is InChI=1S/C18H27NO3/c1-3-4-5-6-10-13-22-17(20)14-15(2)19-18(21)16-11-8-7-9-12-16/h7-9,11-12,15H,3-6,10,13-14H2,1-2H3,(H,19,21). The second kappa shape index (κ2) is 10.8. The van der Waals surface area contributed by atoms with Gasteiger partial charge in [0.15, 0.2) is 0 Å². The Balaban J connectivity index is 2.17. The van der Waals surface area contributed by atoms with Gasteiger partial charge in [0.1, 0.15) is 0 Å². The molecule has 1 amide bonds. The number of carbonyl (C=O) groups is 2. The van der Waals surface area contributed by atoms with E-state index >= 15 is 0 Å². The summed E-state index contributed by atoms with van der Waals surface area (Å²) < 4.78 is 5.19. The second-order valence-electron chi connectivity index (χ2n) is 5.58. The van der Waals surface area contributed by atoms with E-state index in [1.165, 1.54) is 19.3 Å². The number of amides is 1. The Kier molecular flexibility index (Phi) is 8.96. The van der Waals surface area contributed by atoms with Gasteiger partial charge in [0, 0.05) is 11.6 Å². The number of hydrogen-bond donors (Lipinski definition) is 1. The Hall–Kier alpha value is -1.84. The van der Waals surface area contributed by atoms with Crippen LogP contribution in [0.25, 0.3) is 0 Å². The Morgan fingerprint density at radius 1 is 1.09 bits per heavy atom. The maximum atomic E-state index is 11.9. The van der Waals surface area contributed by atoms with E-state index in [1.54, 1.807) is 12.1 Å². The van der Waals surface area contributed by atoms with Gasteiger partial charge in [-0.3, -0.25) is 9.59 Å². The van der Waals surface area contributed by atoms with Crippen LogP contribution in [0.5, 0.6) is 0 Å². The van der Waals surface area contributed by atoms with Crippen molar-refractivity contribution in [1.82, 2.24) is 5.32 Å². The van der Waals surface area contributed by atoms with Crippen LogP contribution in [0.2, 0.25) is 0 Å². The molecule has 0 spiro atoms. The lowest BCUT2D eigenvalue weighted by molar-refractivity contribution is -0.144. The van der Waals surface area contributed by atoms with Crippen molar-refractivity contribution in [3.8, 4) is 0 Å². The molecule has 1 aromatic carbocycles. The van der Waals surface area contributed by atoms with Crippen molar-refractivity contribution in [2.24, 2.45) is 0 Å². The van der Waals surface area contributed by atoms with Gasteiger partial charge in [-0.2, -0.15) is 0 Å². The van der Waals surface area contributed by atoms with E-state index in [1.807, 2.05) is 25.1 Å². The molecule has 0 bridgehead atoms. The van der Waals surface area contributed by atoms with Crippen molar-refractivity contribution in [2.45, 2.75) is 58.4 Å². The smallest absolute Gasteiger partial charge is 0.307 e. The Morgan fingerprint density at radius 3 is 2.45 bits per heavy atom. The van der Waals surface area contributed by atoms with Crippen LogP contribution in [0.1, 0.15) is 62.7 Å². The molecule has 22 heavy (non-hydrogen) atoms. The molecule has 0 saturated heterocycles. The average Bonchev–Trinajstić information content (AvgIpc) is 2.51. The topological polar surface area (TPSA) is 55.4 Å². The highest BCUT2D eigenvalue weighted by Gasteiger charge is 2.13. The third-order valence-electron chi connectivity index (χ3n) is 3.40. The molecule has 0 aliphatic rings. The van der Waals surface area contributed by atoms with Crippen LogP contribution in [0.4, 0.5) is 0 Å². The fraction of sp³-hybridized carbons (Fsp3) is 0.556. The molecule has 1 unspecified atom stereocenters. The van der Waals surface area contributed by atoms with Gasteiger partial charge in [0.05, 0.1) is 13.0 Å². The lowest BCUT2D eigenvalue weighted by atomic mass is 10.1. The van der Waals surface area contributed by atoms with E-state index < -0.39 is 0 Å².